The first kappa shape index (κ1) is 23.6. The number of ether oxygens (including phenoxy) is 1. The zero-order valence-electron chi connectivity index (χ0n) is 20.5. The quantitative estimate of drug-likeness (QED) is 0.668. The molecule has 7 heteroatoms. The number of rotatable bonds is 7. The highest BCUT2D eigenvalue weighted by atomic mass is 16.5. The Kier molecular flexibility index (Phi) is 6.88. The van der Waals surface area contributed by atoms with E-state index in [1.165, 1.54) is 5.56 Å². The van der Waals surface area contributed by atoms with Crippen molar-refractivity contribution in [2.45, 2.75) is 45.5 Å². The predicted octanol–water partition coefficient (Wildman–Crippen LogP) is 3.15. The van der Waals surface area contributed by atoms with Gasteiger partial charge in [0.2, 0.25) is 5.91 Å². The topological polar surface area (TPSA) is 65.1 Å². The molecule has 3 aliphatic rings. The first-order chi connectivity index (χ1) is 17.0. The Bertz CT molecular complexity index is 1110. The molecule has 2 amide bonds. The first-order valence-electron chi connectivity index (χ1n) is 12.6. The molecule has 2 aromatic rings. The van der Waals surface area contributed by atoms with E-state index in [0.29, 0.717) is 37.3 Å². The van der Waals surface area contributed by atoms with Gasteiger partial charge in [0, 0.05) is 56.0 Å². The molecular formula is C28H34N4O3. The van der Waals surface area contributed by atoms with Crippen molar-refractivity contribution in [1.29, 1.82) is 0 Å². The summed E-state index contributed by atoms with van der Waals surface area (Å²) in [6.45, 7) is 13.8. The largest absolute Gasteiger partial charge is 0.489 e. The third-order valence-electron chi connectivity index (χ3n) is 7.41. The maximum atomic E-state index is 13.1. The van der Waals surface area contributed by atoms with E-state index in [1.807, 2.05) is 18.2 Å². The van der Waals surface area contributed by atoms with E-state index in [4.69, 9.17) is 4.74 Å². The fourth-order valence-electron chi connectivity index (χ4n) is 5.25. The summed E-state index contributed by atoms with van der Waals surface area (Å²) < 4.78 is 6.19. The number of carbonyl (C=O) groups excluding carboxylic acids is 2. The van der Waals surface area contributed by atoms with Gasteiger partial charge in [-0.05, 0) is 36.2 Å². The Hall–Kier alpha value is -3.16. The smallest absolute Gasteiger partial charge is 0.255 e. The van der Waals surface area contributed by atoms with Gasteiger partial charge in [0.15, 0.2) is 0 Å². The van der Waals surface area contributed by atoms with Gasteiger partial charge in [0.05, 0.1) is 12.6 Å². The summed E-state index contributed by atoms with van der Waals surface area (Å²) in [7, 11) is 0. The number of likely N-dealkylation sites (N-methyl/N-ethyl adjacent to an activating group) is 1. The normalized spacial score (nSPS) is 21.2. The van der Waals surface area contributed by atoms with Crippen LogP contribution < -0.4 is 10.1 Å². The van der Waals surface area contributed by atoms with Crippen LogP contribution in [0.5, 0.6) is 5.75 Å². The minimum atomic E-state index is -0.182. The van der Waals surface area contributed by atoms with Gasteiger partial charge in [-0.3, -0.25) is 14.5 Å². The molecule has 0 radical (unpaired) electrons. The summed E-state index contributed by atoms with van der Waals surface area (Å²) in [6, 6.07) is 14.1. The van der Waals surface area contributed by atoms with Crippen molar-refractivity contribution >= 4 is 11.8 Å². The molecule has 2 aromatic carbocycles. The number of piperidine rings is 1. The molecule has 5 rings (SSSR count). The summed E-state index contributed by atoms with van der Waals surface area (Å²) in [5.41, 5.74) is 4.60. The Morgan fingerprint density at radius 1 is 1.00 bits per heavy atom. The third kappa shape index (κ3) is 5.11. The summed E-state index contributed by atoms with van der Waals surface area (Å²) in [5.74, 6) is 0.670. The standard InChI is InChI=1S/C28H34N4O3/c1-3-30-13-15-31(16-14-30)17-21-7-9-22(10-8-21)19-35-26-6-4-5-23-24(26)18-32(28(23)34)25-11-12-27(33)29-20(25)2/h4-10,25H,2-3,11-19H2,1H3,(H,29,33)/t25-/m0/s1. The van der Waals surface area contributed by atoms with E-state index >= 15 is 0 Å². The summed E-state index contributed by atoms with van der Waals surface area (Å²) in [6.07, 6.45) is 0.999. The lowest BCUT2D eigenvalue weighted by Crippen LogP contribution is -2.45. The molecule has 1 N–H and O–H groups in total. The van der Waals surface area contributed by atoms with E-state index in [9.17, 15) is 9.59 Å². The average molecular weight is 475 g/mol. The monoisotopic (exact) mass is 474 g/mol. The molecule has 3 heterocycles. The summed E-state index contributed by atoms with van der Waals surface area (Å²) >= 11 is 0. The van der Waals surface area contributed by atoms with Crippen LogP contribution in [0.4, 0.5) is 0 Å². The number of piperazine rings is 1. The van der Waals surface area contributed by atoms with E-state index in [1.54, 1.807) is 4.90 Å². The molecule has 2 fully saturated rings. The van der Waals surface area contributed by atoms with Crippen LogP contribution in [-0.4, -0.2) is 65.3 Å². The number of hydrogen-bond donors (Lipinski definition) is 1. The van der Waals surface area contributed by atoms with Gasteiger partial charge < -0.3 is 19.9 Å². The van der Waals surface area contributed by atoms with Crippen molar-refractivity contribution < 1.29 is 14.3 Å². The highest BCUT2D eigenvalue weighted by molar-refractivity contribution is 5.99. The second kappa shape index (κ2) is 10.2. The molecule has 3 aliphatic heterocycles. The van der Waals surface area contributed by atoms with E-state index in [-0.39, 0.29) is 17.9 Å². The van der Waals surface area contributed by atoms with Gasteiger partial charge in [0.1, 0.15) is 12.4 Å². The SMILES string of the molecule is C=C1NC(=O)CC[C@@H]1N1Cc2c(OCc3ccc(CN4CCN(CC)CC4)cc3)cccc2C1=O. The molecule has 7 nitrogen and oxygen atoms in total. The molecule has 1 atom stereocenters. The van der Waals surface area contributed by atoms with Crippen molar-refractivity contribution in [3.05, 3.63) is 77.0 Å². The second-order valence-corrected chi connectivity index (χ2v) is 9.66. The van der Waals surface area contributed by atoms with Gasteiger partial charge in [-0.15, -0.1) is 0 Å². The highest BCUT2D eigenvalue weighted by Gasteiger charge is 2.37. The number of nitrogens with one attached hydrogen (secondary N) is 1. The van der Waals surface area contributed by atoms with Gasteiger partial charge in [-0.25, -0.2) is 0 Å². The van der Waals surface area contributed by atoms with Crippen molar-refractivity contribution in [1.82, 2.24) is 20.0 Å². The number of hydrogen-bond acceptors (Lipinski definition) is 5. The molecule has 0 aromatic heterocycles. The lowest BCUT2D eigenvalue weighted by molar-refractivity contribution is -0.121. The number of nitrogens with zero attached hydrogens (tertiary/aromatic N) is 3. The van der Waals surface area contributed by atoms with Crippen LogP contribution in [0.3, 0.4) is 0 Å². The number of fused-ring (bicyclic) bond motifs is 1. The lowest BCUT2D eigenvalue weighted by Gasteiger charge is -2.34. The van der Waals surface area contributed by atoms with Crippen LogP contribution in [0, 0.1) is 0 Å². The Labute approximate surface area is 207 Å². The molecule has 0 unspecified atom stereocenters. The van der Waals surface area contributed by atoms with Gasteiger partial charge >= 0.3 is 0 Å². The first-order valence-corrected chi connectivity index (χ1v) is 12.6. The second-order valence-electron chi connectivity index (χ2n) is 9.66. The van der Waals surface area contributed by atoms with Gasteiger partial charge in [-0.1, -0.05) is 43.8 Å². The van der Waals surface area contributed by atoms with E-state index in [2.05, 4.69) is 52.9 Å². The minimum absolute atomic E-state index is 0.0307. The highest BCUT2D eigenvalue weighted by Crippen LogP contribution is 2.35. The fraction of sp³-hybridized carbons (Fsp3) is 0.429. The molecule has 0 aliphatic carbocycles. The van der Waals surface area contributed by atoms with Crippen molar-refractivity contribution in [3.63, 3.8) is 0 Å². The van der Waals surface area contributed by atoms with Gasteiger partial charge in [-0.2, -0.15) is 0 Å². The van der Waals surface area contributed by atoms with Crippen LogP contribution in [0.25, 0.3) is 0 Å². The summed E-state index contributed by atoms with van der Waals surface area (Å²) in [5, 5.41) is 2.79. The molecule has 35 heavy (non-hydrogen) atoms. The van der Waals surface area contributed by atoms with E-state index < -0.39 is 0 Å². The maximum Gasteiger partial charge on any atom is 0.255 e. The molecule has 184 valence electrons. The average Bonchev–Trinajstić information content (AvgIpc) is 3.21. The van der Waals surface area contributed by atoms with Crippen LogP contribution in [0.1, 0.15) is 46.8 Å². The molecule has 0 bridgehead atoms. The van der Waals surface area contributed by atoms with Crippen molar-refractivity contribution in [2.24, 2.45) is 0 Å². The molecule has 0 spiro atoms. The van der Waals surface area contributed by atoms with Crippen LogP contribution in [-0.2, 0) is 24.5 Å². The zero-order chi connectivity index (χ0) is 24.4. The number of benzene rings is 2. The molecule has 0 saturated carbocycles. The Morgan fingerprint density at radius 3 is 2.43 bits per heavy atom. The van der Waals surface area contributed by atoms with Crippen LogP contribution >= 0.6 is 0 Å². The number of carbonyl (C=O) groups is 2. The minimum Gasteiger partial charge on any atom is -0.489 e. The zero-order valence-corrected chi connectivity index (χ0v) is 20.5. The van der Waals surface area contributed by atoms with Gasteiger partial charge in [0.25, 0.3) is 5.91 Å². The molecule has 2 saturated heterocycles. The van der Waals surface area contributed by atoms with Crippen LogP contribution in [0.15, 0.2) is 54.7 Å². The fourth-order valence-corrected chi connectivity index (χ4v) is 5.25. The van der Waals surface area contributed by atoms with E-state index in [0.717, 1.165) is 56.1 Å². The number of amides is 2. The third-order valence-corrected chi connectivity index (χ3v) is 7.41. The van der Waals surface area contributed by atoms with Crippen molar-refractivity contribution in [2.75, 3.05) is 32.7 Å². The van der Waals surface area contributed by atoms with Crippen molar-refractivity contribution in [3.8, 4) is 5.75 Å². The lowest BCUT2D eigenvalue weighted by atomic mass is 10.0. The van der Waals surface area contributed by atoms with Crippen LogP contribution in [0.2, 0.25) is 0 Å². The predicted molar refractivity (Wildman–Crippen MR) is 135 cm³/mol. The summed E-state index contributed by atoms with van der Waals surface area (Å²) in [4.78, 5) is 31.6. The molecular weight excluding hydrogens is 440 g/mol. The maximum absolute atomic E-state index is 13.1. The Balaban J connectivity index is 1.19. The Morgan fingerprint density at radius 2 is 1.71 bits per heavy atom.